The first-order valence-corrected chi connectivity index (χ1v) is 9.93. The van der Waals surface area contributed by atoms with E-state index in [2.05, 4.69) is 0 Å². The molecule has 0 spiro atoms. The number of sulfonamides is 1. The number of rotatable bonds is 3. The van der Waals surface area contributed by atoms with E-state index in [4.69, 9.17) is 9.47 Å². The number of thiophene rings is 1. The van der Waals surface area contributed by atoms with Crippen molar-refractivity contribution in [2.24, 2.45) is 0 Å². The van der Waals surface area contributed by atoms with Crippen molar-refractivity contribution in [3.63, 3.8) is 0 Å². The Hall–Kier alpha value is -1.57. The molecular formula is C16H17NO4S2. The van der Waals surface area contributed by atoms with Crippen LogP contribution < -0.4 is 9.47 Å². The van der Waals surface area contributed by atoms with Gasteiger partial charge in [-0.2, -0.15) is 4.31 Å². The van der Waals surface area contributed by atoms with Gasteiger partial charge in [-0.15, -0.1) is 11.3 Å². The maximum Gasteiger partial charge on any atom is 0.243 e. The lowest BCUT2D eigenvalue weighted by Crippen LogP contribution is -2.30. The number of hydrogen-bond donors (Lipinski definition) is 0. The average molecular weight is 351 g/mol. The summed E-state index contributed by atoms with van der Waals surface area (Å²) in [5.41, 5.74) is 0. The second-order valence-corrected chi connectivity index (χ2v) is 8.46. The summed E-state index contributed by atoms with van der Waals surface area (Å²) >= 11 is 1.61. The number of nitrogens with zero attached hydrogens (tertiary/aromatic N) is 1. The SMILES string of the molecule is O=S(=O)(c1ccc2c(c1)OCCO2)N1CCC[C@H]1c1cccs1. The molecule has 2 aliphatic heterocycles. The van der Waals surface area contributed by atoms with Crippen molar-refractivity contribution >= 4 is 21.4 Å². The summed E-state index contributed by atoms with van der Waals surface area (Å²) in [5.74, 6) is 1.11. The van der Waals surface area contributed by atoms with Crippen LogP contribution in [-0.4, -0.2) is 32.5 Å². The average Bonchev–Trinajstić information content (AvgIpc) is 3.25. The minimum atomic E-state index is -3.54. The predicted octanol–water partition coefficient (Wildman–Crippen LogP) is 3.05. The second-order valence-electron chi connectivity index (χ2n) is 5.59. The predicted molar refractivity (Wildman–Crippen MR) is 87.6 cm³/mol. The Labute approximate surface area is 139 Å². The van der Waals surface area contributed by atoms with Gasteiger partial charge in [-0.1, -0.05) is 6.07 Å². The molecule has 5 nitrogen and oxygen atoms in total. The standard InChI is InChI=1S/C16H17NO4S2/c18-23(19,12-5-6-14-15(11-12)21-9-8-20-14)17-7-1-3-13(17)16-4-2-10-22-16/h2,4-6,10-11,13H,1,3,7-9H2/t13-/m0/s1. The van der Waals surface area contributed by atoms with Gasteiger partial charge in [0.1, 0.15) is 13.2 Å². The maximum absolute atomic E-state index is 13.1. The van der Waals surface area contributed by atoms with E-state index in [-0.39, 0.29) is 10.9 Å². The van der Waals surface area contributed by atoms with Crippen LogP contribution in [0.15, 0.2) is 40.6 Å². The van der Waals surface area contributed by atoms with Gasteiger partial charge in [0.05, 0.1) is 10.9 Å². The van der Waals surface area contributed by atoms with E-state index in [0.717, 1.165) is 17.7 Å². The lowest BCUT2D eigenvalue weighted by Gasteiger charge is -2.24. The normalized spacial score (nSPS) is 21.5. The molecule has 1 atom stereocenters. The molecule has 1 aromatic carbocycles. The van der Waals surface area contributed by atoms with Crippen LogP contribution in [0.1, 0.15) is 23.8 Å². The Bertz CT molecular complexity index is 801. The highest BCUT2D eigenvalue weighted by Crippen LogP contribution is 2.40. The Kier molecular flexibility index (Phi) is 3.79. The van der Waals surface area contributed by atoms with Gasteiger partial charge in [0.2, 0.25) is 10.0 Å². The molecule has 0 bridgehead atoms. The van der Waals surface area contributed by atoms with Crippen LogP contribution in [-0.2, 0) is 10.0 Å². The van der Waals surface area contributed by atoms with Crippen molar-refractivity contribution in [2.75, 3.05) is 19.8 Å². The molecule has 7 heteroatoms. The largest absolute Gasteiger partial charge is 0.486 e. The third kappa shape index (κ3) is 2.62. The molecule has 1 aromatic heterocycles. The van der Waals surface area contributed by atoms with Crippen LogP contribution in [0.25, 0.3) is 0 Å². The van der Waals surface area contributed by atoms with Gasteiger partial charge < -0.3 is 9.47 Å². The summed E-state index contributed by atoms with van der Waals surface area (Å²) in [4.78, 5) is 1.37. The highest BCUT2D eigenvalue weighted by atomic mass is 32.2. The molecule has 0 amide bonds. The summed E-state index contributed by atoms with van der Waals surface area (Å²) in [6.07, 6.45) is 1.75. The highest BCUT2D eigenvalue weighted by molar-refractivity contribution is 7.89. The second kappa shape index (κ2) is 5.81. The van der Waals surface area contributed by atoms with Crippen LogP contribution in [0.2, 0.25) is 0 Å². The zero-order valence-corrected chi connectivity index (χ0v) is 14.1. The zero-order valence-electron chi connectivity index (χ0n) is 12.5. The van der Waals surface area contributed by atoms with Gasteiger partial charge in [-0.25, -0.2) is 8.42 Å². The Morgan fingerprint density at radius 2 is 1.96 bits per heavy atom. The Morgan fingerprint density at radius 1 is 1.13 bits per heavy atom. The van der Waals surface area contributed by atoms with Crippen LogP contribution >= 0.6 is 11.3 Å². The van der Waals surface area contributed by atoms with Gasteiger partial charge in [-0.05, 0) is 36.4 Å². The van der Waals surface area contributed by atoms with E-state index >= 15 is 0 Å². The van der Waals surface area contributed by atoms with E-state index in [1.54, 1.807) is 33.8 Å². The third-order valence-corrected chi connectivity index (χ3v) is 7.07. The fraction of sp³-hybridized carbons (Fsp3) is 0.375. The zero-order chi connectivity index (χ0) is 15.9. The number of fused-ring (bicyclic) bond motifs is 1. The quantitative estimate of drug-likeness (QED) is 0.853. The highest BCUT2D eigenvalue weighted by Gasteiger charge is 2.37. The van der Waals surface area contributed by atoms with Crippen LogP contribution in [0.5, 0.6) is 11.5 Å². The van der Waals surface area contributed by atoms with Crippen molar-refractivity contribution < 1.29 is 17.9 Å². The lowest BCUT2D eigenvalue weighted by atomic mass is 10.2. The molecule has 122 valence electrons. The first-order valence-electron chi connectivity index (χ1n) is 7.61. The molecule has 3 heterocycles. The molecule has 0 saturated carbocycles. The molecule has 0 unspecified atom stereocenters. The van der Waals surface area contributed by atoms with Gasteiger partial charge in [-0.3, -0.25) is 0 Å². The first kappa shape index (κ1) is 15.0. The summed E-state index contributed by atoms with van der Waals surface area (Å²) in [6, 6.07) is 8.77. The molecule has 1 saturated heterocycles. The van der Waals surface area contributed by atoms with Crippen LogP contribution in [0.4, 0.5) is 0 Å². The van der Waals surface area contributed by atoms with Gasteiger partial charge in [0.25, 0.3) is 0 Å². The molecule has 2 aliphatic rings. The fourth-order valence-corrected chi connectivity index (χ4v) is 5.74. The van der Waals surface area contributed by atoms with Crippen molar-refractivity contribution in [3.8, 4) is 11.5 Å². The Balaban J connectivity index is 1.69. The first-order chi connectivity index (χ1) is 11.2. The summed E-state index contributed by atoms with van der Waals surface area (Å²) in [5, 5.41) is 1.99. The molecule has 0 radical (unpaired) electrons. The van der Waals surface area contributed by atoms with Crippen LogP contribution in [0, 0.1) is 0 Å². The molecule has 0 aliphatic carbocycles. The van der Waals surface area contributed by atoms with E-state index in [1.807, 2.05) is 17.5 Å². The van der Waals surface area contributed by atoms with Crippen molar-refractivity contribution in [3.05, 3.63) is 40.6 Å². The molecule has 0 N–H and O–H groups in total. The monoisotopic (exact) mass is 351 g/mol. The van der Waals surface area contributed by atoms with Gasteiger partial charge >= 0.3 is 0 Å². The van der Waals surface area contributed by atoms with Crippen molar-refractivity contribution in [2.45, 2.75) is 23.8 Å². The van der Waals surface area contributed by atoms with E-state index < -0.39 is 10.0 Å². The molecule has 23 heavy (non-hydrogen) atoms. The number of benzene rings is 1. The number of ether oxygens (including phenoxy) is 2. The molecular weight excluding hydrogens is 334 g/mol. The number of hydrogen-bond acceptors (Lipinski definition) is 5. The molecule has 2 aromatic rings. The third-order valence-electron chi connectivity index (χ3n) is 4.20. The van der Waals surface area contributed by atoms with Crippen molar-refractivity contribution in [1.29, 1.82) is 0 Å². The minimum absolute atomic E-state index is 0.0619. The maximum atomic E-state index is 13.1. The smallest absolute Gasteiger partial charge is 0.243 e. The lowest BCUT2D eigenvalue weighted by molar-refractivity contribution is 0.171. The van der Waals surface area contributed by atoms with Crippen LogP contribution in [0.3, 0.4) is 0 Å². The van der Waals surface area contributed by atoms with E-state index in [9.17, 15) is 8.42 Å². The van der Waals surface area contributed by atoms with Gasteiger partial charge in [0.15, 0.2) is 11.5 Å². The summed E-state index contributed by atoms with van der Waals surface area (Å²) < 4.78 is 38.7. The summed E-state index contributed by atoms with van der Waals surface area (Å²) in [7, 11) is -3.54. The molecule has 4 rings (SSSR count). The fourth-order valence-electron chi connectivity index (χ4n) is 3.11. The minimum Gasteiger partial charge on any atom is -0.486 e. The summed E-state index contributed by atoms with van der Waals surface area (Å²) in [6.45, 7) is 1.49. The van der Waals surface area contributed by atoms with Gasteiger partial charge in [0, 0.05) is 17.5 Å². The topological polar surface area (TPSA) is 55.8 Å². The Morgan fingerprint density at radius 3 is 2.74 bits per heavy atom. The van der Waals surface area contributed by atoms with E-state index in [0.29, 0.717) is 31.3 Å². The molecule has 1 fully saturated rings. The van der Waals surface area contributed by atoms with E-state index in [1.165, 1.54) is 0 Å². The van der Waals surface area contributed by atoms with Crippen molar-refractivity contribution in [1.82, 2.24) is 4.31 Å².